The molecule has 2 rings (SSSR count). The van der Waals surface area contributed by atoms with Gasteiger partial charge in [-0.1, -0.05) is 0 Å². The minimum Gasteiger partial charge on any atom is -0.364 e. The molecule has 0 aliphatic carbocycles. The maximum absolute atomic E-state index is 10.7. The molecule has 0 aliphatic heterocycles. The van der Waals surface area contributed by atoms with Gasteiger partial charge in [-0.15, -0.1) is 16.4 Å². The Hall–Kier alpha value is -1.83. The molecule has 0 atom stereocenters. The van der Waals surface area contributed by atoms with Crippen LogP contribution in [0.1, 0.15) is 9.80 Å². The van der Waals surface area contributed by atoms with Crippen LogP contribution in [0.2, 0.25) is 0 Å². The quantitative estimate of drug-likeness (QED) is 0.679. The van der Waals surface area contributed by atoms with Crippen molar-refractivity contribution in [1.29, 1.82) is 0 Å². The van der Waals surface area contributed by atoms with Crippen molar-refractivity contribution < 1.29 is 4.79 Å². The molecule has 0 fully saturated rings. The van der Waals surface area contributed by atoms with E-state index in [-0.39, 0.29) is 5.01 Å². The van der Waals surface area contributed by atoms with Crippen molar-refractivity contribution in [2.45, 2.75) is 0 Å². The lowest BCUT2D eigenvalue weighted by Crippen LogP contribution is -2.10. The molecule has 2 heterocycles. The number of rotatable bonds is 2. The third-order valence-corrected chi connectivity index (χ3v) is 2.13. The van der Waals surface area contributed by atoms with Crippen molar-refractivity contribution in [1.82, 2.24) is 25.2 Å². The van der Waals surface area contributed by atoms with Crippen LogP contribution in [-0.2, 0) is 0 Å². The van der Waals surface area contributed by atoms with E-state index in [4.69, 9.17) is 5.73 Å². The summed E-state index contributed by atoms with van der Waals surface area (Å²) in [5.74, 6) is -0.0619. The van der Waals surface area contributed by atoms with Gasteiger partial charge in [0.2, 0.25) is 0 Å². The normalized spacial score (nSPS) is 10.2. The summed E-state index contributed by atoms with van der Waals surface area (Å²) in [6, 6.07) is 0. The van der Waals surface area contributed by atoms with Gasteiger partial charge in [-0.05, 0) is 10.4 Å². The molecule has 0 aromatic carbocycles. The van der Waals surface area contributed by atoms with E-state index in [9.17, 15) is 4.79 Å². The first-order valence-corrected chi connectivity index (χ1v) is 4.14. The Kier molecular flexibility index (Phi) is 1.74. The SMILES string of the molecule is NC(=O)c1nc(-n2cnnn2)cs1. The Morgan fingerprint density at radius 2 is 2.46 bits per heavy atom. The summed E-state index contributed by atoms with van der Waals surface area (Å²) in [7, 11) is 0. The van der Waals surface area contributed by atoms with Gasteiger partial charge in [0.15, 0.2) is 10.8 Å². The van der Waals surface area contributed by atoms with Crippen molar-refractivity contribution in [2.75, 3.05) is 0 Å². The van der Waals surface area contributed by atoms with Crippen molar-refractivity contribution in [3.8, 4) is 5.82 Å². The lowest BCUT2D eigenvalue weighted by molar-refractivity contribution is 0.1000. The second-order valence-electron chi connectivity index (χ2n) is 2.13. The number of aromatic nitrogens is 5. The fourth-order valence-electron chi connectivity index (χ4n) is 0.750. The third-order valence-electron chi connectivity index (χ3n) is 1.29. The van der Waals surface area contributed by atoms with Crippen LogP contribution in [0.5, 0.6) is 0 Å². The second kappa shape index (κ2) is 2.90. The topological polar surface area (TPSA) is 99.6 Å². The van der Waals surface area contributed by atoms with Crippen LogP contribution in [0, 0.1) is 0 Å². The molecule has 2 N–H and O–H groups in total. The summed E-state index contributed by atoms with van der Waals surface area (Å²) in [5.41, 5.74) is 5.03. The van der Waals surface area contributed by atoms with E-state index >= 15 is 0 Å². The second-order valence-corrected chi connectivity index (χ2v) is 2.99. The molecular formula is C5H4N6OS. The van der Waals surface area contributed by atoms with Gasteiger partial charge in [0, 0.05) is 5.38 Å². The van der Waals surface area contributed by atoms with Crippen molar-refractivity contribution >= 4 is 17.2 Å². The first-order chi connectivity index (χ1) is 6.27. The number of carbonyl (C=O) groups excluding carboxylic acids is 1. The number of amides is 1. The lowest BCUT2D eigenvalue weighted by Gasteiger charge is -1.88. The molecule has 0 bridgehead atoms. The molecule has 0 spiro atoms. The van der Waals surface area contributed by atoms with Crippen LogP contribution < -0.4 is 5.73 Å². The zero-order valence-corrected chi connectivity index (χ0v) is 7.10. The molecule has 0 saturated heterocycles. The van der Waals surface area contributed by atoms with Crippen molar-refractivity contribution in [3.63, 3.8) is 0 Å². The third kappa shape index (κ3) is 1.38. The standard InChI is InChI=1S/C5H4N6OS/c6-4(12)5-8-3(1-13-5)11-2-7-9-10-11/h1-2H,(H2,6,12). The Morgan fingerprint density at radius 3 is 3.00 bits per heavy atom. The van der Waals surface area contributed by atoms with Gasteiger partial charge in [0.25, 0.3) is 5.91 Å². The summed E-state index contributed by atoms with van der Waals surface area (Å²) < 4.78 is 1.35. The molecule has 0 aliphatic rings. The summed E-state index contributed by atoms with van der Waals surface area (Å²) >= 11 is 1.15. The minimum absolute atomic E-state index is 0.241. The first-order valence-electron chi connectivity index (χ1n) is 3.26. The van der Waals surface area contributed by atoms with Crippen LogP contribution in [-0.4, -0.2) is 31.1 Å². The predicted octanol–water partition coefficient (Wildman–Crippen LogP) is -0.782. The average molecular weight is 196 g/mol. The molecule has 0 saturated carbocycles. The average Bonchev–Trinajstić information content (AvgIpc) is 2.75. The highest BCUT2D eigenvalue weighted by Crippen LogP contribution is 2.11. The summed E-state index contributed by atoms with van der Waals surface area (Å²) in [6.45, 7) is 0. The molecule has 0 unspecified atom stereocenters. The summed E-state index contributed by atoms with van der Waals surface area (Å²) in [4.78, 5) is 14.6. The maximum atomic E-state index is 10.7. The van der Waals surface area contributed by atoms with Gasteiger partial charge in [-0.2, -0.15) is 4.68 Å². The zero-order valence-electron chi connectivity index (χ0n) is 6.28. The highest BCUT2D eigenvalue weighted by molar-refractivity contribution is 7.11. The summed E-state index contributed by atoms with van der Waals surface area (Å²) in [5, 5.41) is 12.4. The van der Waals surface area contributed by atoms with Crippen molar-refractivity contribution in [2.24, 2.45) is 5.73 Å². The van der Waals surface area contributed by atoms with E-state index in [1.807, 2.05) is 0 Å². The van der Waals surface area contributed by atoms with Gasteiger partial charge in [0.05, 0.1) is 0 Å². The fraction of sp³-hybridized carbons (Fsp3) is 0. The number of primary amides is 1. The molecule has 2 aromatic rings. The molecule has 13 heavy (non-hydrogen) atoms. The number of hydrogen-bond donors (Lipinski definition) is 1. The van der Waals surface area contributed by atoms with Gasteiger partial charge in [-0.25, -0.2) is 4.98 Å². The first kappa shape index (κ1) is 7.80. The minimum atomic E-state index is -0.552. The Morgan fingerprint density at radius 1 is 1.62 bits per heavy atom. The van der Waals surface area contributed by atoms with E-state index in [0.29, 0.717) is 5.82 Å². The monoisotopic (exact) mass is 196 g/mol. The molecule has 66 valence electrons. The highest BCUT2D eigenvalue weighted by atomic mass is 32.1. The van der Waals surface area contributed by atoms with Crippen LogP contribution in [0.4, 0.5) is 0 Å². The Labute approximate surface area is 76.2 Å². The number of tetrazole rings is 1. The molecular weight excluding hydrogens is 192 g/mol. The Balaban J connectivity index is 2.39. The highest BCUT2D eigenvalue weighted by Gasteiger charge is 2.08. The van der Waals surface area contributed by atoms with Crippen LogP contribution in [0.25, 0.3) is 5.82 Å². The van der Waals surface area contributed by atoms with E-state index in [1.54, 1.807) is 5.38 Å². The molecule has 2 aromatic heterocycles. The number of nitrogens with zero attached hydrogens (tertiary/aromatic N) is 5. The van der Waals surface area contributed by atoms with Gasteiger partial charge < -0.3 is 5.73 Å². The fourth-order valence-corrected chi connectivity index (χ4v) is 1.39. The van der Waals surface area contributed by atoms with Gasteiger partial charge in [-0.3, -0.25) is 4.79 Å². The van der Waals surface area contributed by atoms with E-state index in [1.165, 1.54) is 11.0 Å². The number of hydrogen-bond acceptors (Lipinski definition) is 6. The maximum Gasteiger partial charge on any atom is 0.277 e. The largest absolute Gasteiger partial charge is 0.364 e. The van der Waals surface area contributed by atoms with Gasteiger partial charge in [0.1, 0.15) is 6.33 Å². The molecule has 7 nitrogen and oxygen atoms in total. The van der Waals surface area contributed by atoms with E-state index < -0.39 is 5.91 Å². The zero-order chi connectivity index (χ0) is 9.26. The van der Waals surface area contributed by atoms with Crippen LogP contribution in [0.3, 0.4) is 0 Å². The smallest absolute Gasteiger partial charge is 0.277 e. The van der Waals surface area contributed by atoms with E-state index in [0.717, 1.165) is 11.3 Å². The molecule has 1 amide bonds. The number of carbonyl (C=O) groups is 1. The number of nitrogens with two attached hydrogens (primary N) is 1. The lowest BCUT2D eigenvalue weighted by atomic mass is 10.6. The van der Waals surface area contributed by atoms with Crippen LogP contribution >= 0.6 is 11.3 Å². The van der Waals surface area contributed by atoms with Gasteiger partial charge >= 0.3 is 0 Å². The summed E-state index contributed by atoms with van der Waals surface area (Å²) in [6.07, 6.45) is 1.39. The Bertz CT molecular complexity index is 420. The van der Waals surface area contributed by atoms with Crippen molar-refractivity contribution in [3.05, 3.63) is 16.7 Å². The van der Waals surface area contributed by atoms with Crippen LogP contribution in [0.15, 0.2) is 11.7 Å². The number of thiazole rings is 1. The van der Waals surface area contributed by atoms with E-state index in [2.05, 4.69) is 20.5 Å². The predicted molar refractivity (Wildman–Crippen MR) is 43.3 cm³/mol. The molecule has 0 radical (unpaired) electrons. The molecule has 8 heteroatoms.